The molecule has 0 saturated carbocycles. The molecular formula is C14H20N6O6. The van der Waals surface area contributed by atoms with Gasteiger partial charge in [0.2, 0.25) is 11.6 Å². The minimum absolute atomic E-state index is 0.0681. The van der Waals surface area contributed by atoms with Gasteiger partial charge in [-0.2, -0.15) is 0 Å². The highest BCUT2D eigenvalue weighted by Gasteiger charge is 2.23. The highest BCUT2D eigenvalue weighted by Crippen LogP contribution is 2.11. The van der Waals surface area contributed by atoms with Crippen LogP contribution < -0.4 is 5.73 Å². The minimum Gasteiger partial charge on any atom is -0.461 e. The lowest BCUT2D eigenvalue weighted by molar-refractivity contribution is -0.396. The summed E-state index contributed by atoms with van der Waals surface area (Å²) in [6.07, 6.45) is 2.52. The molecule has 0 amide bonds. The second-order valence-corrected chi connectivity index (χ2v) is 4.76. The third-order valence-corrected chi connectivity index (χ3v) is 3.12. The van der Waals surface area contributed by atoms with Crippen LogP contribution in [-0.4, -0.2) is 49.2 Å². The predicted molar refractivity (Wildman–Crippen MR) is 89.4 cm³/mol. The molecule has 12 heteroatoms. The van der Waals surface area contributed by atoms with Crippen molar-refractivity contribution >= 4 is 23.8 Å². The molecule has 2 aromatic rings. The van der Waals surface area contributed by atoms with Crippen LogP contribution in [0.5, 0.6) is 0 Å². The summed E-state index contributed by atoms with van der Waals surface area (Å²) in [4.78, 5) is 39.3. The molecule has 0 bridgehead atoms. The Labute approximate surface area is 148 Å². The van der Waals surface area contributed by atoms with E-state index in [0.29, 0.717) is 18.2 Å². The highest BCUT2D eigenvalue weighted by molar-refractivity contribution is 5.88. The number of carbonyl (C=O) groups is 2. The molecule has 2 N–H and O–H groups in total. The lowest BCUT2D eigenvalue weighted by atomic mass is 10.5. The summed E-state index contributed by atoms with van der Waals surface area (Å²) in [5.41, 5.74) is 5.86. The highest BCUT2D eigenvalue weighted by atomic mass is 16.6. The molecule has 0 saturated heterocycles. The molecule has 0 unspecified atom stereocenters. The lowest BCUT2D eigenvalue weighted by Crippen LogP contribution is -2.10. The van der Waals surface area contributed by atoms with E-state index in [-0.39, 0.29) is 18.2 Å². The number of imidazole rings is 2. The number of esters is 2. The maximum absolute atomic E-state index is 11.2. The zero-order valence-electron chi connectivity index (χ0n) is 14.8. The number of carbonyl (C=O) groups excluding carboxylic acids is 2. The van der Waals surface area contributed by atoms with Gasteiger partial charge in [-0.05, 0) is 18.8 Å². The first-order chi connectivity index (χ1) is 12.2. The average molecular weight is 368 g/mol. The number of ether oxygens (including phenoxy) is 2. The number of hydrogen-bond acceptors (Lipinski definition) is 9. The van der Waals surface area contributed by atoms with E-state index in [2.05, 4.69) is 14.7 Å². The fraction of sp³-hybridized carbons (Fsp3) is 0.429. The monoisotopic (exact) mass is 368 g/mol. The first-order valence-electron chi connectivity index (χ1n) is 7.52. The van der Waals surface area contributed by atoms with Crippen molar-refractivity contribution in [2.75, 3.05) is 18.9 Å². The third-order valence-electron chi connectivity index (χ3n) is 3.12. The maximum Gasteiger partial charge on any atom is 0.435 e. The Morgan fingerprint density at radius 3 is 1.88 bits per heavy atom. The van der Waals surface area contributed by atoms with Gasteiger partial charge in [-0.3, -0.25) is 0 Å². The Kier molecular flexibility index (Phi) is 7.25. The molecule has 0 aliphatic carbocycles. The molecule has 12 nitrogen and oxygen atoms in total. The molecule has 0 aliphatic heterocycles. The molecule has 142 valence electrons. The van der Waals surface area contributed by atoms with E-state index in [1.165, 1.54) is 17.8 Å². The predicted octanol–water partition coefficient (Wildman–Crippen LogP) is 0.684. The lowest BCUT2D eigenvalue weighted by Gasteiger charge is -2.01. The van der Waals surface area contributed by atoms with Gasteiger partial charge in [-0.15, -0.1) is 0 Å². The smallest absolute Gasteiger partial charge is 0.435 e. The van der Waals surface area contributed by atoms with E-state index in [1.807, 2.05) is 0 Å². The Morgan fingerprint density at radius 2 is 1.54 bits per heavy atom. The van der Waals surface area contributed by atoms with Gasteiger partial charge in [0.1, 0.15) is 5.69 Å². The number of rotatable bonds is 5. The summed E-state index contributed by atoms with van der Waals surface area (Å²) in [5.74, 6) is -1.09. The van der Waals surface area contributed by atoms with Crippen molar-refractivity contribution in [1.29, 1.82) is 0 Å². The molecule has 0 spiro atoms. The second kappa shape index (κ2) is 9.15. The van der Waals surface area contributed by atoms with Gasteiger partial charge < -0.3 is 29.9 Å². The van der Waals surface area contributed by atoms with Gasteiger partial charge in [0.15, 0.2) is 6.20 Å². The molecule has 2 heterocycles. The quantitative estimate of drug-likeness (QED) is 0.455. The number of nitrogen functional groups attached to an aromatic ring is 1. The topological polar surface area (TPSA) is 157 Å². The van der Waals surface area contributed by atoms with E-state index in [1.54, 1.807) is 20.9 Å². The summed E-state index contributed by atoms with van der Waals surface area (Å²) in [6, 6.07) is 0. The fourth-order valence-electron chi connectivity index (χ4n) is 1.78. The van der Waals surface area contributed by atoms with E-state index in [4.69, 9.17) is 10.5 Å². The summed E-state index contributed by atoms with van der Waals surface area (Å²) in [7, 11) is 3.05. The SMILES string of the molecule is CCOC(=O)c1cnc(N)n1C.CCOC(=O)c1cnc([N+](=O)[O-])n1C. The fourth-order valence-corrected chi connectivity index (χ4v) is 1.78. The van der Waals surface area contributed by atoms with Crippen LogP contribution in [0.4, 0.5) is 11.9 Å². The van der Waals surface area contributed by atoms with E-state index in [9.17, 15) is 19.7 Å². The number of anilines is 1. The Balaban J connectivity index is 0.000000263. The van der Waals surface area contributed by atoms with Crippen molar-refractivity contribution in [2.24, 2.45) is 14.1 Å². The Hall–Kier alpha value is -3.44. The van der Waals surface area contributed by atoms with Crippen LogP contribution >= 0.6 is 0 Å². The van der Waals surface area contributed by atoms with Crippen molar-refractivity contribution in [2.45, 2.75) is 13.8 Å². The van der Waals surface area contributed by atoms with Gasteiger partial charge in [-0.1, -0.05) is 4.98 Å². The minimum atomic E-state index is -0.664. The third kappa shape index (κ3) is 4.78. The van der Waals surface area contributed by atoms with Crippen molar-refractivity contribution in [3.05, 3.63) is 33.9 Å². The molecule has 2 aromatic heterocycles. The van der Waals surface area contributed by atoms with Crippen LogP contribution in [-0.2, 0) is 23.6 Å². The number of nitrogens with two attached hydrogens (primary N) is 1. The number of nitrogens with zero attached hydrogens (tertiary/aromatic N) is 5. The molecule has 26 heavy (non-hydrogen) atoms. The summed E-state index contributed by atoms with van der Waals surface area (Å²) < 4.78 is 12.0. The molecular weight excluding hydrogens is 348 g/mol. The zero-order valence-corrected chi connectivity index (χ0v) is 14.8. The largest absolute Gasteiger partial charge is 0.461 e. The molecule has 0 radical (unpaired) electrons. The van der Waals surface area contributed by atoms with E-state index < -0.39 is 16.9 Å². The van der Waals surface area contributed by atoms with Crippen molar-refractivity contribution in [1.82, 2.24) is 19.1 Å². The Bertz CT molecular complexity index is 796. The van der Waals surface area contributed by atoms with Gasteiger partial charge in [0.05, 0.1) is 26.5 Å². The zero-order chi connectivity index (χ0) is 19.9. The van der Waals surface area contributed by atoms with Gasteiger partial charge in [0, 0.05) is 7.05 Å². The van der Waals surface area contributed by atoms with Crippen molar-refractivity contribution < 1.29 is 24.0 Å². The standard InChI is InChI=1S/C7H9N3O4.C7H11N3O2/c1-3-14-6(11)5-4-8-7(9(5)2)10(12)13;1-3-12-6(11)5-4-9-7(8)10(5)2/h4H,3H2,1-2H3;4H,3H2,1-2H3,(H2,8,9). The van der Waals surface area contributed by atoms with Crippen LogP contribution in [0.25, 0.3) is 0 Å². The Morgan fingerprint density at radius 1 is 1.08 bits per heavy atom. The van der Waals surface area contributed by atoms with E-state index in [0.717, 1.165) is 10.8 Å². The first-order valence-corrected chi connectivity index (χ1v) is 7.52. The summed E-state index contributed by atoms with van der Waals surface area (Å²) in [5, 5.41) is 10.4. The van der Waals surface area contributed by atoms with Crippen molar-refractivity contribution in [3.8, 4) is 0 Å². The van der Waals surface area contributed by atoms with Crippen LogP contribution in [0, 0.1) is 10.1 Å². The van der Waals surface area contributed by atoms with Crippen LogP contribution in [0.2, 0.25) is 0 Å². The first kappa shape index (κ1) is 20.6. The van der Waals surface area contributed by atoms with Gasteiger partial charge in [0.25, 0.3) is 0 Å². The molecule has 0 aromatic carbocycles. The number of nitro groups is 1. The van der Waals surface area contributed by atoms with Crippen LogP contribution in [0.1, 0.15) is 34.8 Å². The van der Waals surface area contributed by atoms with Crippen LogP contribution in [0.3, 0.4) is 0 Å². The second-order valence-electron chi connectivity index (χ2n) is 4.76. The van der Waals surface area contributed by atoms with Gasteiger partial charge in [-0.25, -0.2) is 19.1 Å². The van der Waals surface area contributed by atoms with Crippen molar-refractivity contribution in [3.63, 3.8) is 0 Å². The molecule has 0 atom stereocenters. The van der Waals surface area contributed by atoms with Crippen LogP contribution in [0.15, 0.2) is 12.4 Å². The molecule has 0 fully saturated rings. The summed E-state index contributed by atoms with van der Waals surface area (Å²) >= 11 is 0. The molecule has 0 aliphatic rings. The number of hydrogen-bond donors (Lipinski definition) is 1. The van der Waals surface area contributed by atoms with Gasteiger partial charge >= 0.3 is 17.9 Å². The molecule has 2 rings (SSSR count). The van der Waals surface area contributed by atoms with E-state index >= 15 is 0 Å². The maximum atomic E-state index is 11.2. The average Bonchev–Trinajstić information content (AvgIpc) is 3.12. The summed E-state index contributed by atoms with van der Waals surface area (Å²) in [6.45, 7) is 3.97. The number of aromatic nitrogens is 4. The normalized spacial score (nSPS) is 9.85.